The van der Waals surface area contributed by atoms with Crippen molar-refractivity contribution in [3.63, 3.8) is 0 Å². The first-order valence-corrected chi connectivity index (χ1v) is 7.00. The molecule has 0 spiro atoms. The molecule has 1 aromatic heterocycles. The van der Waals surface area contributed by atoms with E-state index in [9.17, 15) is 4.79 Å². The molecule has 0 N–H and O–H groups in total. The highest BCUT2D eigenvalue weighted by molar-refractivity contribution is 7.07. The van der Waals surface area contributed by atoms with Crippen LogP contribution < -0.4 is 0 Å². The summed E-state index contributed by atoms with van der Waals surface area (Å²) in [5.41, 5.74) is 2.95. The summed E-state index contributed by atoms with van der Waals surface area (Å²) >= 11 is 1.61. The molecule has 5 heteroatoms. The van der Waals surface area contributed by atoms with Gasteiger partial charge in [-0.15, -0.1) is 11.3 Å². The first-order chi connectivity index (χ1) is 8.29. The molecule has 2 heterocycles. The Kier molecular flexibility index (Phi) is 4.50. The summed E-state index contributed by atoms with van der Waals surface area (Å²) in [5.74, 6) is -0.00202. The summed E-state index contributed by atoms with van der Waals surface area (Å²) in [6, 6.07) is 0. The maximum Gasteiger partial charge on any atom is 0.310 e. The number of carbonyl (C=O) groups is 1. The zero-order valence-corrected chi connectivity index (χ0v) is 10.9. The van der Waals surface area contributed by atoms with Crippen molar-refractivity contribution in [2.24, 2.45) is 5.92 Å². The van der Waals surface area contributed by atoms with Crippen LogP contribution in [0.5, 0.6) is 0 Å². The topological polar surface area (TPSA) is 42.4 Å². The molecule has 2 rings (SSSR count). The van der Waals surface area contributed by atoms with Crippen LogP contribution in [0.3, 0.4) is 0 Å². The predicted molar refractivity (Wildman–Crippen MR) is 66.7 cm³/mol. The van der Waals surface area contributed by atoms with E-state index in [1.54, 1.807) is 11.3 Å². The highest BCUT2D eigenvalue weighted by atomic mass is 32.1. The molecule has 1 atom stereocenters. The van der Waals surface area contributed by atoms with Gasteiger partial charge in [0, 0.05) is 18.5 Å². The molecular formula is C12H18N2O2S. The summed E-state index contributed by atoms with van der Waals surface area (Å²) in [7, 11) is 0. The average Bonchev–Trinajstić information content (AvgIpc) is 2.82. The Balaban J connectivity index is 1.86. The molecule has 0 aliphatic carbocycles. The van der Waals surface area contributed by atoms with Crippen LogP contribution in [0.15, 0.2) is 10.9 Å². The molecule has 94 valence electrons. The number of esters is 1. The summed E-state index contributed by atoms with van der Waals surface area (Å²) in [4.78, 5) is 18.3. The average molecular weight is 254 g/mol. The van der Waals surface area contributed by atoms with Gasteiger partial charge in [-0.3, -0.25) is 9.69 Å². The minimum atomic E-state index is -0.0459. The molecule has 1 unspecified atom stereocenters. The first kappa shape index (κ1) is 12.5. The fraction of sp³-hybridized carbons (Fsp3) is 0.667. The van der Waals surface area contributed by atoms with Crippen molar-refractivity contribution < 1.29 is 9.53 Å². The Hall–Kier alpha value is -0.940. The first-order valence-electron chi connectivity index (χ1n) is 6.05. The molecule has 0 saturated carbocycles. The molecule has 0 aromatic carbocycles. The molecule has 0 bridgehead atoms. The molecule has 1 aromatic rings. The maximum atomic E-state index is 11.7. The van der Waals surface area contributed by atoms with E-state index in [-0.39, 0.29) is 11.9 Å². The van der Waals surface area contributed by atoms with E-state index in [0.717, 1.165) is 38.2 Å². The molecular weight excluding hydrogens is 236 g/mol. The van der Waals surface area contributed by atoms with Gasteiger partial charge in [-0.1, -0.05) is 0 Å². The molecule has 17 heavy (non-hydrogen) atoms. The predicted octanol–water partition coefficient (Wildman–Crippen LogP) is 1.92. The summed E-state index contributed by atoms with van der Waals surface area (Å²) < 4.78 is 5.09. The van der Waals surface area contributed by atoms with Crippen molar-refractivity contribution in [2.45, 2.75) is 26.3 Å². The Bertz CT molecular complexity index is 353. The summed E-state index contributed by atoms with van der Waals surface area (Å²) in [5, 5.41) is 2.06. The van der Waals surface area contributed by atoms with Gasteiger partial charge >= 0.3 is 5.97 Å². The van der Waals surface area contributed by atoms with Crippen molar-refractivity contribution in [1.82, 2.24) is 9.88 Å². The monoisotopic (exact) mass is 254 g/mol. The van der Waals surface area contributed by atoms with E-state index in [4.69, 9.17) is 4.74 Å². The number of ether oxygens (including phenoxy) is 1. The normalized spacial score (nSPS) is 21.4. The molecule has 0 amide bonds. The van der Waals surface area contributed by atoms with Crippen LogP contribution >= 0.6 is 11.3 Å². The number of nitrogens with zero attached hydrogens (tertiary/aromatic N) is 2. The Morgan fingerprint density at radius 2 is 2.59 bits per heavy atom. The number of aromatic nitrogens is 1. The fourth-order valence-corrected chi connectivity index (χ4v) is 2.75. The standard InChI is InChI=1S/C12H18N2O2S/c1-2-16-12(15)10-4-3-5-14(6-10)7-11-8-17-9-13-11/h8-10H,2-7H2,1H3. The van der Waals surface area contributed by atoms with Crippen LogP contribution in [0, 0.1) is 5.92 Å². The molecule has 0 radical (unpaired) electrons. The number of rotatable bonds is 4. The molecule has 1 fully saturated rings. The number of hydrogen-bond acceptors (Lipinski definition) is 5. The van der Waals surface area contributed by atoms with Crippen molar-refractivity contribution in [3.8, 4) is 0 Å². The third kappa shape index (κ3) is 3.51. The van der Waals surface area contributed by atoms with E-state index < -0.39 is 0 Å². The second-order valence-corrected chi connectivity index (χ2v) is 5.02. The summed E-state index contributed by atoms with van der Waals surface area (Å²) in [6.45, 7) is 5.03. The van der Waals surface area contributed by atoms with Gasteiger partial charge in [0.1, 0.15) is 0 Å². The van der Waals surface area contributed by atoms with Gasteiger partial charge in [0.25, 0.3) is 0 Å². The zero-order valence-electron chi connectivity index (χ0n) is 10.1. The Labute approximate surface area is 106 Å². The van der Waals surface area contributed by atoms with Gasteiger partial charge in [-0.25, -0.2) is 4.98 Å². The highest BCUT2D eigenvalue weighted by Crippen LogP contribution is 2.19. The van der Waals surface area contributed by atoms with Crippen LogP contribution in [0.4, 0.5) is 0 Å². The van der Waals surface area contributed by atoms with Crippen LogP contribution in [0.25, 0.3) is 0 Å². The number of likely N-dealkylation sites (tertiary alicyclic amines) is 1. The van der Waals surface area contributed by atoms with Gasteiger partial charge in [0.2, 0.25) is 0 Å². The summed E-state index contributed by atoms with van der Waals surface area (Å²) in [6.07, 6.45) is 2.01. The van der Waals surface area contributed by atoms with Gasteiger partial charge in [-0.2, -0.15) is 0 Å². The smallest absolute Gasteiger partial charge is 0.310 e. The highest BCUT2D eigenvalue weighted by Gasteiger charge is 2.26. The lowest BCUT2D eigenvalue weighted by atomic mass is 9.98. The van der Waals surface area contributed by atoms with Crippen LogP contribution in [0.2, 0.25) is 0 Å². The zero-order chi connectivity index (χ0) is 12.1. The van der Waals surface area contributed by atoms with Crippen molar-refractivity contribution >= 4 is 17.3 Å². The van der Waals surface area contributed by atoms with E-state index in [1.807, 2.05) is 12.4 Å². The van der Waals surface area contributed by atoms with Gasteiger partial charge < -0.3 is 4.74 Å². The third-order valence-corrected chi connectivity index (χ3v) is 3.63. The Morgan fingerprint density at radius 3 is 3.29 bits per heavy atom. The molecule has 4 nitrogen and oxygen atoms in total. The van der Waals surface area contributed by atoms with E-state index in [0.29, 0.717) is 6.61 Å². The van der Waals surface area contributed by atoms with Crippen LogP contribution in [-0.4, -0.2) is 35.5 Å². The lowest BCUT2D eigenvalue weighted by molar-refractivity contribution is -0.150. The number of thiazole rings is 1. The van der Waals surface area contributed by atoms with Crippen LogP contribution in [0.1, 0.15) is 25.5 Å². The lowest BCUT2D eigenvalue weighted by Crippen LogP contribution is -2.38. The van der Waals surface area contributed by atoms with Gasteiger partial charge in [0.15, 0.2) is 0 Å². The number of hydrogen-bond donors (Lipinski definition) is 0. The van der Waals surface area contributed by atoms with E-state index in [2.05, 4.69) is 15.3 Å². The Morgan fingerprint density at radius 1 is 1.71 bits per heavy atom. The molecule has 1 aliphatic heterocycles. The van der Waals surface area contributed by atoms with Crippen molar-refractivity contribution in [1.29, 1.82) is 0 Å². The van der Waals surface area contributed by atoms with E-state index in [1.165, 1.54) is 0 Å². The maximum absolute atomic E-state index is 11.7. The second-order valence-electron chi connectivity index (χ2n) is 4.31. The third-order valence-electron chi connectivity index (χ3n) is 2.99. The fourth-order valence-electron chi connectivity index (χ4n) is 2.20. The second kappa shape index (κ2) is 6.12. The molecule has 1 aliphatic rings. The number of piperidine rings is 1. The van der Waals surface area contributed by atoms with Gasteiger partial charge in [0.05, 0.1) is 23.7 Å². The number of carbonyl (C=O) groups excluding carboxylic acids is 1. The quantitative estimate of drug-likeness (QED) is 0.770. The van der Waals surface area contributed by atoms with Crippen molar-refractivity contribution in [2.75, 3.05) is 19.7 Å². The largest absolute Gasteiger partial charge is 0.466 e. The minimum Gasteiger partial charge on any atom is -0.466 e. The molecule has 1 saturated heterocycles. The van der Waals surface area contributed by atoms with Crippen LogP contribution in [-0.2, 0) is 16.1 Å². The van der Waals surface area contributed by atoms with E-state index >= 15 is 0 Å². The SMILES string of the molecule is CCOC(=O)C1CCCN(Cc2cscn2)C1. The lowest BCUT2D eigenvalue weighted by Gasteiger charge is -2.30. The van der Waals surface area contributed by atoms with Gasteiger partial charge in [-0.05, 0) is 26.3 Å². The minimum absolute atomic E-state index is 0.0438. The van der Waals surface area contributed by atoms with Crippen molar-refractivity contribution in [3.05, 3.63) is 16.6 Å².